The van der Waals surface area contributed by atoms with E-state index in [1.807, 2.05) is 22.7 Å². The molecule has 0 amide bonds. The Hall–Kier alpha value is -0.910. The monoisotopic (exact) mass is 272 g/mol. The molecule has 2 heterocycles. The highest BCUT2D eigenvalue weighted by Gasteiger charge is 2.01. The number of aldehydes is 1. The Kier molecular flexibility index (Phi) is 1.84. The number of halogens is 1. The molecule has 0 spiro atoms. The molecule has 60 valence electrons. The lowest BCUT2D eigenvalue weighted by molar-refractivity contribution is 0.111. The molecule has 0 saturated heterocycles. The number of hydrogen-bond donors (Lipinski definition) is 0. The van der Waals surface area contributed by atoms with Crippen LogP contribution in [-0.4, -0.2) is 15.7 Å². The maximum absolute atomic E-state index is 10.4. The molecule has 2 rings (SSSR count). The maximum atomic E-state index is 10.4. The first-order valence-electron chi connectivity index (χ1n) is 3.39. The van der Waals surface area contributed by atoms with Crippen LogP contribution in [0.25, 0.3) is 5.65 Å². The number of carbonyl (C=O) groups excluding carboxylic acids is 1. The van der Waals surface area contributed by atoms with E-state index in [2.05, 4.69) is 27.6 Å². The van der Waals surface area contributed by atoms with Crippen LogP contribution in [0.1, 0.15) is 10.5 Å². The summed E-state index contributed by atoms with van der Waals surface area (Å²) >= 11 is 2.19. The van der Waals surface area contributed by atoms with Crippen molar-refractivity contribution in [3.63, 3.8) is 0 Å². The fourth-order valence-corrected chi connectivity index (χ4v) is 1.66. The summed E-state index contributed by atoms with van der Waals surface area (Å²) in [4.78, 5) is 14.5. The summed E-state index contributed by atoms with van der Waals surface area (Å²) in [5, 5.41) is 0. The Bertz CT molecular complexity index is 436. The van der Waals surface area contributed by atoms with Gasteiger partial charge in [-0.25, -0.2) is 4.98 Å². The van der Waals surface area contributed by atoms with Gasteiger partial charge in [0.25, 0.3) is 0 Å². The highest BCUT2D eigenvalue weighted by Crippen LogP contribution is 2.11. The van der Waals surface area contributed by atoms with Crippen LogP contribution in [0.4, 0.5) is 0 Å². The lowest BCUT2D eigenvalue weighted by Gasteiger charge is -1.92. The number of fused-ring (bicyclic) bond motifs is 1. The van der Waals surface area contributed by atoms with Gasteiger partial charge in [-0.2, -0.15) is 0 Å². The summed E-state index contributed by atoms with van der Waals surface area (Å²) in [6.45, 7) is 0. The SMILES string of the molecule is O=Cc1cn2cccc(I)c2n1. The van der Waals surface area contributed by atoms with Crippen molar-refractivity contribution >= 4 is 34.5 Å². The molecule has 0 aliphatic carbocycles. The van der Waals surface area contributed by atoms with Crippen molar-refractivity contribution in [1.82, 2.24) is 9.38 Å². The quantitative estimate of drug-likeness (QED) is 0.585. The number of carbonyl (C=O) groups is 1. The predicted molar refractivity (Wildman–Crippen MR) is 53.3 cm³/mol. The van der Waals surface area contributed by atoms with Gasteiger partial charge in [0.2, 0.25) is 0 Å². The Labute approximate surface area is 82.6 Å². The lowest BCUT2D eigenvalue weighted by atomic mass is 10.5. The third-order valence-corrected chi connectivity index (χ3v) is 2.42. The standard InChI is InChI=1S/C8H5IN2O/c9-7-2-1-3-11-4-6(5-12)10-8(7)11/h1-5H. The molecule has 3 nitrogen and oxygen atoms in total. The summed E-state index contributed by atoms with van der Waals surface area (Å²) in [6, 6.07) is 3.88. The predicted octanol–water partition coefficient (Wildman–Crippen LogP) is 1.75. The largest absolute Gasteiger partial charge is 0.305 e. The Morgan fingerprint density at radius 3 is 3.08 bits per heavy atom. The second kappa shape index (κ2) is 2.85. The van der Waals surface area contributed by atoms with Crippen molar-refractivity contribution in [1.29, 1.82) is 0 Å². The molecule has 2 aromatic rings. The summed E-state index contributed by atoms with van der Waals surface area (Å²) in [7, 11) is 0. The zero-order valence-corrected chi connectivity index (χ0v) is 8.22. The van der Waals surface area contributed by atoms with Crippen LogP contribution in [0.5, 0.6) is 0 Å². The fraction of sp³-hybridized carbons (Fsp3) is 0. The highest BCUT2D eigenvalue weighted by atomic mass is 127. The van der Waals surface area contributed by atoms with E-state index < -0.39 is 0 Å². The molecule has 0 unspecified atom stereocenters. The van der Waals surface area contributed by atoms with Crippen LogP contribution < -0.4 is 0 Å². The van der Waals surface area contributed by atoms with Gasteiger partial charge in [0.05, 0.1) is 3.57 Å². The Morgan fingerprint density at radius 2 is 2.42 bits per heavy atom. The summed E-state index contributed by atoms with van der Waals surface area (Å²) in [5.41, 5.74) is 1.30. The average Bonchev–Trinajstić information content (AvgIpc) is 2.49. The maximum Gasteiger partial charge on any atom is 0.170 e. The van der Waals surface area contributed by atoms with Crippen LogP contribution in [0.3, 0.4) is 0 Å². The molecule has 0 N–H and O–H groups in total. The van der Waals surface area contributed by atoms with Crippen LogP contribution in [0, 0.1) is 3.57 Å². The molecule has 0 aromatic carbocycles. The number of rotatable bonds is 1. The van der Waals surface area contributed by atoms with E-state index in [0.29, 0.717) is 5.69 Å². The van der Waals surface area contributed by atoms with Gasteiger partial charge in [0.15, 0.2) is 11.9 Å². The van der Waals surface area contributed by atoms with Gasteiger partial charge in [0, 0.05) is 12.4 Å². The smallest absolute Gasteiger partial charge is 0.170 e. The van der Waals surface area contributed by atoms with Gasteiger partial charge in [-0.3, -0.25) is 4.79 Å². The molecular formula is C8H5IN2O. The Balaban J connectivity index is 2.82. The van der Waals surface area contributed by atoms with Crippen molar-refractivity contribution in [2.24, 2.45) is 0 Å². The van der Waals surface area contributed by atoms with Gasteiger partial charge in [-0.15, -0.1) is 0 Å². The minimum atomic E-state index is 0.471. The van der Waals surface area contributed by atoms with Gasteiger partial charge in [-0.1, -0.05) is 0 Å². The van der Waals surface area contributed by atoms with E-state index >= 15 is 0 Å². The second-order valence-electron chi connectivity index (χ2n) is 2.37. The van der Waals surface area contributed by atoms with Crippen molar-refractivity contribution in [3.05, 3.63) is 33.8 Å². The van der Waals surface area contributed by atoms with Crippen LogP contribution in [-0.2, 0) is 0 Å². The van der Waals surface area contributed by atoms with Crippen LogP contribution in [0.2, 0.25) is 0 Å². The molecule has 0 radical (unpaired) electrons. The van der Waals surface area contributed by atoms with E-state index in [1.165, 1.54) is 0 Å². The van der Waals surface area contributed by atoms with E-state index in [0.717, 1.165) is 15.5 Å². The van der Waals surface area contributed by atoms with Crippen LogP contribution in [0.15, 0.2) is 24.5 Å². The molecule has 0 aliphatic rings. The highest BCUT2D eigenvalue weighted by molar-refractivity contribution is 14.1. The van der Waals surface area contributed by atoms with Gasteiger partial charge < -0.3 is 4.40 Å². The first-order chi connectivity index (χ1) is 5.81. The summed E-state index contributed by atoms with van der Waals surface area (Å²) in [5.74, 6) is 0. The van der Waals surface area contributed by atoms with Gasteiger partial charge >= 0.3 is 0 Å². The number of aromatic nitrogens is 2. The number of imidazole rings is 1. The fourth-order valence-electron chi connectivity index (χ4n) is 1.05. The van der Waals surface area contributed by atoms with Crippen LogP contribution >= 0.6 is 22.6 Å². The summed E-state index contributed by atoms with van der Waals surface area (Å²) < 4.78 is 2.88. The first kappa shape index (κ1) is 7.72. The van der Waals surface area contributed by atoms with E-state index in [4.69, 9.17) is 0 Å². The number of pyridine rings is 1. The van der Waals surface area contributed by atoms with Crippen molar-refractivity contribution in [2.45, 2.75) is 0 Å². The zero-order valence-electron chi connectivity index (χ0n) is 6.07. The third kappa shape index (κ3) is 1.12. The normalized spacial score (nSPS) is 10.4. The number of nitrogens with zero attached hydrogens (tertiary/aromatic N) is 2. The van der Waals surface area contributed by atoms with Crippen molar-refractivity contribution in [2.75, 3.05) is 0 Å². The molecule has 2 aromatic heterocycles. The van der Waals surface area contributed by atoms with Gasteiger partial charge in [0.1, 0.15) is 5.69 Å². The molecule has 0 fully saturated rings. The molecule has 0 atom stereocenters. The second-order valence-corrected chi connectivity index (χ2v) is 3.53. The lowest BCUT2D eigenvalue weighted by Crippen LogP contribution is -1.83. The summed E-state index contributed by atoms with van der Waals surface area (Å²) in [6.07, 6.45) is 4.34. The van der Waals surface area contributed by atoms with Crippen molar-refractivity contribution in [3.8, 4) is 0 Å². The molecule has 4 heteroatoms. The molecule has 12 heavy (non-hydrogen) atoms. The van der Waals surface area contributed by atoms with E-state index in [-0.39, 0.29) is 0 Å². The Morgan fingerprint density at radius 1 is 1.58 bits per heavy atom. The van der Waals surface area contributed by atoms with Crippen molar-refractivity contribution < 1.29 is 4.79 Å². The van der Waals surface area contributed by atoms with E-state index in [1.54, 1.807) is 6.20 Å². The zero-order chi connectivity index (χ0) is 8.55. The number of hydrogen-bond acceptors (Lipinski definition) is 2. The molecule has 0 saturated carbocycles. The van der Waals surface area contributed by atoms with E-state index in [9.17, 15) is 4.79 Å². The molecule has 0 bridgehead atoms. The third-order valence-electron chi connectivity index (χ3n) is 1.57. The topological polar surface area (TPSA) is 34.4 Å². The molecular weight excluding hydrogens is 267 g/mol. The first-order valence-corrected chi connectivity index (χ1v) is 4.47. The van der Waals surface area contributed by atoms with Gasteiger partial charge in [-0.05, 0) is 34.7 Å². The molecule has 0 aliphatic heterocycles. The average molecular weight is 272 g/mol. The minimum absolute atomic E-state index is 0.471. The minimum Gasteiger partial charge on any atom is -0.305 e.